The van der Waals surface area contributed by atoms with Crippen LogP contribution in [0, 0.1) is 5.41 Å². The molecule has 1 aliphatic heterocycles. The smallest absolute Gasteiger partial charge is 0.222 e. The molecule has 0 aliphatic carbocycles. The van der Waals surface area contributed by atoms with Crippen molar-refractivity contribution in [1.29, 1.82) is 0 Å². The van der Waals surface area contributed by atoms with Crippen molar-refractivity contribution in [1.82, 2.24) is 15.1 Å². The minimum absolute atomic E-state index is 0.148. The zero-order chi connectivity index (χ0) is 16.7. The molecule has 1 aromatic rings. The van der Waals surface area contributed by atoms with Gasteiger partial charge >= 0.3 is 0 Å². The van der Waals surface area contributed by atoms with Gasteiger partial charge in [-0.3, -0.25) is 9.89 Å². The molecule has 23 heavy (non-hydrogen) atoms. The lowest BCUT2D eigenvalue weighted by atomic mass is 9.77. The molecule has 0 saturated carbocycles. The van der Waals surface area contributed by atoms with Gasteiger partial charge in [-0.25, -0.2) is 0 Å². The van der Waals surface area contributed by atoms with Crippen LogP contribution in [0.15, 0.2) is 24.0 Å². The molecule has 2 N–H and O–H groups in total. The molecule has 1 atom stereocenters. The summed E-state index contributed by atoms with van der Waals surface area (Å²) >= 11 is 0. The number of aryl methyl sites for hydroxylation is 1. The van der Waals surface area contributed by atoms with Crippen LogP contribution in [-0.2, 0) is 11.2 Å². The fraction of sp³-hybridized carbons (Fsp3) is 0.667. The van der Waals surface area contributed by atoms with Crippen molar-refractivity contribution < 1.29 is 9.90 Å². The molecule has 1 aliphatic rings. The Morgan fingerprint density at radius 1 is 1.52 bits per heavy atom. The summed E-state index contributed by atoms with van der Waals surface area (Å²) in [5, 5.41) is 16.6. The predicted octanol–water partition coefficient (Wildman–Crippen LogP) is 2.69. The highest BCUT2D eigenvalue weighted by Gasteiger charge is 2.35. The molecule has 0 unspecified atom stereocenters. The number of aromatic nitrogens is 2. The molecule has 0 bridgehead atoms. The van der Waals surface area contributed by atoms with Crippen LogP contribution in [0.1, 0.15) is 51.5 Å². The van der Waals surface area contributed by atoms with Crippen molar-refractivity contribution in [3.05, 3.63) is 29.6 Å². The number of H-pyrrole nitrogens is 1. The van der Waals surface area contributed by atoms with Gasteiger partial charge in [-0.05, 0) is 51.5 Å². The lowest BCUT2D eigenvalue weighted by Gasteiger charge is -2.41. The number of hydrogen-bond donors (Lipinski definition) is 2. The molecule has 2 heterocycles. The van der Waals surface area contributed by atoms with Gasteiger partial charge in [0.15, 0.2) is 0 Å². The van der Waals surface area contributed by atoms with E-state index in [0.29, 0.717) is 13.0 Å². The van der Waals surface area contributed by atoms with Gasteiger partial charge in [0.25, 0.3) is 0 Å². The Kier molecular flexibility index (Phi) is 6.39. The zero-order valence-electron chi connectivity index (χ0n) is 14.3. The van der Waals surface area contributed by atoms with E-state index in [4.69, 9.17) is 0 Å². The first kappa shape index (κ1) is 17.7. The Bertz CT molecular complexity index is 520. The fourth-order valence-corrected chi connectivity index (χ4v) is 3.22. The summed E-state index contributed by atoms with van der Waals surface area (Å²) in [6, 6.07) is 0. The maximum Gasteiger partial charge on any atom is 0.222 e. The number of nitrogens with one attached hydrogen (secondary N) is 1. The number of piperidine rings is 1. The lowest BCUT2D eigenvalue weighted by molar-refractivity contribution is -0.135. The zero-order valence-corrected chi connectivity index (χ0v) is 14.3. The average molecular weight is 319 g/mol. The maximum atomic E-state index is 12.5. The number of nitrogens with zero attached hydrogens (tertiary/aromatic N) is 2. The van der Waals surface area contributed by atoms with Crippen LogP contribution >= 0.6 is 0 Å². The second kappa shape index (κ2) is 8.29. The Morgan fingerprint density at radius 2 is 2.35 bits per heavy atom. The summed E-state index contributed by atoms with van der Waals surface area (Å²) in [5.74, 6) is 0.211. The van der Waals surface area contributed by atoms with Crippen molar-refractivity contribution in [3.8, 4) is 0 Å². The molecule has 1 saturated heterocycles. The number of allylic oxidation sites excluding steroid dienone is 2. The van der Waals surface area contributed by atoms with Crippen molar-refractivity contribution in [2.24, 2.45) is 5.41 Å². The first-order chi connectivity index (χ1) is 11.0. The van der Waals surface area contributed by atoms with Gasteiger partial charge in [-0.15, -0.1) is 0 Å². The highest BCUT2D eigenvalue weighted by atomic mass is 16.3. The minimum atomic E-state index is -0.157. The molecule has 0 aromatic carbocycles. The third-order valence-corrected chi connectivity index (χ3v) is 4.70. The van der Waals surface area contributed by atoms with E-state index >= 15 is 0 Å². The Balaban J connectivity index is 1.86. The summed E-state index contributed by atoms with van der Waals surface area (Å²) in [7, 11) is 0. The molecule has 5 nitrogen and oxygen atoms in total. The van der Waals surface area contributed by atoms with Gasteiger partial charge < -0.3 is 10.0 Å². The second-order valence-electron chi connectivity index (χ2n) is 7.02. The third-order valence-electron chi connectivity index (χ3n) is 4.70. The van der Waals surface area contributed by atoms with E-state index in [1.54, 1.807) is 0 Å². The molecule has 0 radical (unpaired) electrons. The van der Waals surface area contributed by atoms with E-state index in [2.05, 4.69) is 30.1 Å². The average Bonchev–Trinajstić information content (AvgIpc) is 3.06. The molecular formula is C18H29N3O2. The first-order valence-electron chi connectivity index (χ1n) is 8.54. The van der Waals surface area contributed by atoms with Gasteiger partial charge in [-0.1, -0.05) is 11.6 Å². The van der Waals surface area contributed by atoms with Gasteiger partial charge in [0.2, 0.25) is 5.91 Å². The number of carbonyl (C=O) groups excluding carboxylic acids is 1. The fourth-order valence-electron chi connectivity index (χ4n) is 3.22. The number of carbonyl (C=O) groups is 1. The number of aliphatic hydroxyl groups is 1. The Hall–Kier alpha value is -1.62. The highest BCUT2D eigenvalue weighted by molar-refractivity contribution is 5.76. The van der Waals surface area contributed by atoms with Crippen molar-refractivity contribution in [2.45, 2.75) is 52.4 Å². The first-order valence-corrected chi connectivity index (χ1v) is 8.54. The van der Waals surface area contributed by atoms with Crippen LogP contribution in [0.5, 0.6) is 0 Å². The van der Waals surface area contributed by atoms with Crippen molar-refractivity contribution >= 4 is 5.91 Å². The molecule has 1 aromatic heterocycles. The standard InChI is InChI=1S/C18H29N3O2/c1-15(2)7-9-18(14-22)8-4-10-21(13-18)17(23)6-3-5-16-11-19-20-12-16/h7,11-12,22H,3-6,8-10,13-14H2,1-2H3,(H,19,20)/t18-/m1/s1. The van der Waals surface area contributed by atoms with E-state index in [0.717, 1.165) is 44.2 Å². The number of aliphatic hydroxyl groups excluding tert-OH is 1. The van der Waals surface area contributed by atoms with Crippen molar-refractivity contribution in [3.63, 3.8) is 0 Å². The van der Waals surface area contributed by atoms with Gasteiger partial charge in [0.1, 0.15) is 0 Å². The number of amides is 1. The molecule has 0 spiro atoms. The highest BCUT2D eigenvalue weighted by Crippen LogP contribution is 2.34. The molecule has 2 rings (SSSR count). The Labute approximate surface area is 138 Å². The van der Waals surface area contributed by atoms with Crippen LogP contribution in [0.4, 0.5) is 0 Å². The summed E-state index contributed by atoms with van der Waals surface area (Å²) in [5.41, 5.74) is 2.25. The maximum absolute atomic E-state index is 12.5. The Morgan fingerprint density at radius 3 is 3.00 bits per heavy atom. The summed E-state index contributed by atoms with van der Waals surface area (Å²) in [6.07, 6.45) is 11.0. The summed E-state index contributed by atoms with van der Waals surface area (Å²) in [4.78, 5) is 14.4. The van der Waals surface area contributed by atoms with Crippen LogP contribution in [0.25, 0.3) is 0 Å². The molecular weight excluding hydrogens is 290 g/mol. The quantitative estimate of drug-likeness (QED) is 0.759. The number of likely N-dealkylation sites (tertiary alicyclic amines) is 1. The molecule has 1 fully saturated rings. The van der Waals surface area contributed by atoms with Crippen LogP contribution in [-0.4, -0.2) is 45.8 Å². The monoisotopic (exact) mass is 319 g/mol. The number of hydrogen-bond acceptors (Lipinski definition) is 3. The minimum Gasteiger partial charge on any atom is -0.396 e. The van der Waals surface area contributed by atoms with Crippen molar-refractivity contribution in [2.75, 3.05) is 19.7 Å². The molecule has 128 valence electrons. The van der Waals surface area contributed by atoms with Crippen LogP contribution in [0.2, 0.25) is 0 Å². The van der Waals surface area contributed by atoms with Gasteiger partial charge in [-0.2, -0.15) is 5.10 Å². The molecule has 5 heteroatoms. The predicted molar refractivity (Wildman–Crippen MR) is 90.9 cm³/mol. The van der Waals surface area contributed by atoms with E-state index in [1.807, 2.05) is 17.3 Å². The number of rotatable bonds is 7. The summed E-state index contributed by atoms with van der Waals surface area (Å²) in [6.45, 7) is 5.80. The van der Waals surface area contributed by atoms with E-state index in [9.17, 15) is 9.90 Å². The van der Waals surface area contributed by atoms with Crippen LogP contribution < -0.4 is 0 Å². The van der Waals surface area contributed by atoms with E-state index in [1.165, 1.54) is 5.57 Å². The SMILES string of the molecule is CC(C)=CC[C@]1(CO)CCCN(C(=O)CCCc2cn[nH]c2)C1. The normalized spacial score (nSPS) is 21.3. The van der Waals surface area contributed by atoms with Gasteiger partial charge in [0.05, 0.1) is 12.8 Å². The van der Waals surface area contributed by atoms with Crippen LogP contribution in [0.3, 0.4) is 0 Å². The largest absolute Gasteiger partial charge is 0.396 e. The molecule has 1 amide bonds. The third kappa shape index (κ3) is 5.20. The lowest BCUT2D eigenvalue weighted by Crippen LogP contribution is -2.47. The van der Waals surface area contributed by atoms with E-state index < -0.39 is 0 Å². The van der Waals surface area contributed by atoms with E-state index in [-0.39, 0.29) is 17.9 Å². The summed E-state index contributed by atoms with van der Waals surface area (Å²) < 4.78 is 0. The second-order valence-corrected chi connectivity index (χ2v) is 7.02. The number of aromatic amines is 1. The van der Waals surface area contributed by atoms with Gasteiger partial charge in [0, 0.05) is 31.1 Å². The topological polar surface area (TPSA) is 69.2 Å².